The molecule has 4 nitrogen and oxygen atoms in total. The van der Waals surface area contributed by atoms with E-state index in [1.807, 2.05) is 4.57 Å². The van der Waals surface area contributed by atoms with Gasteiger partial charge in [-0.3, -0.25) is 4.79 Å². The first-order valence-electron chi connectivity index (χ1n) is 7.75. The number of carbonyl (C=O) groups is 1. The molecule has 0 saturated heterocycles. The zero-order valence-electron chi connectivity index (χ0n) is 12.5. The molecule has 110 valence electrons. The Balaban J connectivity index is 1.86. The average Bonchev–Trinajstić information content (AvgIpc) is 2.78. The van der Waals surface area contributed by atoms with Crippen LogP contribution in [0.5, 0.6) is 0 Å². The first-order chi connectivity index (χ1) is 10.1. The molecule has 1 N–H and O–H groups in total. The van der Waals surface area contributed by atoms with Gasteiger partial charge in [0.25, 0.3) is 0 Å². The summed E-state index contributed by atoms with van der Waals surface area (Å²) >= 11 is 0. The highest BCUT2D eigenvalue weighted by Crippen LogP contribution is 2.63. The highest BCUT2D eigenvalue weighted by Gasteiger charge is 2.55. The van der Waals surface area contributed by atoms with Crippen molar-refractivity contribution < 1.29 is 9.90 Å². The van der Waals surface area contributed by atoms with Gasteiger partial charge in [0.1, 0.15) is 12.4 Å². The Morgan fingerprint density at radius 3 is 2.62 bits per heavy atom. The summed E-state index contributed by atoms with van der Waals surface area (Å²) in [5.74, 6) is 2.20. The molecule has 0 bridgehead atoms. The summed E-state index contributed by atoms with van der Waals surface area (Å²) in [4.78, 5) is 16.1. The molecule has 0 spiro atoms. The van der Waals surface area contributed by atoms with E-state index in [0.717, 1.165) is 28.7 Å². The van der Waals surface area contributed by atoms with Crippen LogP contribution in [0.4, 0.5) is 0 Å². The third kappa shape index (κ3) is 1.88. The molecular formula is C17H20N2O2. The van der Waals surface area contributed by atoms with Crippen LogP contribution in [0.3, 0.4) is 0 Å². The summed E-state index contributed by atoms with van der Waals surface area (Å²) in [6, 6.07) is 4.17. The van der Waals surface area contributed by atoms with Crippen molar-refractivity contribution in [3.63, 3.8) is 0 Å². The molecule has 2 aromatic rings. The minimum Gasteiger partial charge on any atom is -0.480 e. The van der Waals surface area contributed by atoms with E-state index in [4.69, 9.17) is 4.98 Å². The van der Waals surface area contributed by atoms with Gasteiger partial charge >= 0.3 is 5.97 Å². The van der Waals surface area contributed by atoms with E-state index in [9.17, 15) is 9.90 Å². The number of aromatic nitrogens is 2. The van der Waals surface area contributed by atoms with E-state index in [2.05, 4.69) is 26.0 Å². The van der Waals surface area contributed by atoms with Crippen molar-refractivity contribution >= 4 is 17.0 Å². The van der Waals surface area contributed by atoms with Crippen molar-refractivity contribution in [2.75, 3.05) is 0 Å². The predicted octanol–water partition coefficient (Wildman–Crippen LogP) is 3.25. The summed E-state index contributed by atoms with van der Waals surface area (Å²) in [5.41, 5.74) is 4.32. The normalized spacial score (nSPS) is 27.0. The zero-order chi connectivity index (χ0) is 14.7. The molecule has 2 aliphatic rings. The van der Waals surface area contributed by atoms with Crippen molar-refractivity contribution in [3.05, 3.63) is 29.1 Å². The van der Waals surface area contributed by atoms with Crippen LogP contribution in [0.15, 0.2) is 12.1 Å². The summed E-state index contributed by atoms with van der Waals surface area (Å²) in [6.07, 6.45) is 3.89. The molecular weight excluding hydrogens is 264 g/mol. The number of rotatable bonds is 3. The largest absolute Gasteiger partial charge is 0.480 e. The lowest BCUT2D eigenvalue weighted by Crippen LogP contribution is -2.12. The van der Waals surface area contributed by atoms with Gasteiger partial charge in [-0.05, 0) is 61.8 Å². The van der Waals surface area contributed by atoms with Crippen LogP contribution in [0.1, 0.15) is 42.1 Å². The van der Waals surface area contributed by atoms with Crippen LogP contribution in [0.25, 0.3) is 11.0 Å². The van der Waals surface area contributed by atoms with Gasteiger partial charge in [-0.25, -0.2) is 4.98 Å². The van der Waals surface area contributed by atoms with Gasteiger partial charge in [0, 0.05) is 5.92 Å². The summed E-state index contributed by atoms with van der Waals surface area (Å²) in [7, 11) is 0. The quantitative estimate of drug-likeness (QED) is 0.941. The Labute approximate surface area is 123 Å². The molecule has 1 heterocycles. The summed E-state index contributed by atoms with van der Waals surface area (Å²) < 4.78 is 1.94. The average molecular weight is 284 g/mol. The number of aryl methyl sites for hydroxylation is 2. The fourth-order valence-corrected chi connectivity index (χ4v) is 4.16. The highest BCUT2D eigenvalue weighted by molar-refractivity contribution is 5.80. The maximum Gasteiger partial charge on any atom is 0.323 e. The lowest BCUT2D eigenvalue weighted by molar-refractivity contribution is -0.137. The number of benzene rings is 1. The standard InChI is InChI=1S/C17H20N2O2/c1-9-6-13-14(7-10(9)2)19(8-15(20)21)17(18-13)16-11-4-3-5-12(11)16/h6-7,11-12,16H,3-5,8H2,1-2H3,(H,20,21). The van der Waals surface area contributed by atoms with Crippen molar-refractivity contribution in [2.45, 2.75) is 45.6 Å². The summed E-state index contributed by atoms with van der Waals surface area (Å²) in [5, 5.41) is 9.25. The second-order valence-corrected chi connectivity index (χ2v) is 6.66. The molecule has 2 atom stereocenters. The molecule has 1 aromatic heterocycles. The second-order valence-electron chi connectivity index (χ2n) is 6.66. The van der Waals surface area contributed by atoms with Gasteiger partial charge in [0.15, 0.2) is 0 Å². The molecule has 21 heavy (non-hydrogen) atoms. The minimum atomic E-state index is -0.792. The van der Waals surface area contributed by atoms with E-state index in [0.29, 0.717) is 5.92 Å². The summed E-state index contributed by atoms with van der Waals surface area (Å²) in [6.45, 7) is 4.17. The Morgan fingerprint density at radius 2 is 1.95 bits per heavy atom. The molecule has 4 rings (SSSR count). The number of imidazole rings is 1. The Kier molecular flexibility index (Phi) is 2.65. The van der Waals surface area contributed by atoms with Gasteiger partial charge in [0.05, 0.1) is 11.0 Å². The SMILES string of the molecule is Cc1cc2nc(C3C4CCCC43)n(CC(=O)O)c2cc1C. The van der Waals surface area contributed by atoms with Crippen molar-refractivity contribution in [1.29, 1.82) is 0 Å². The number of carboxylic acid groups (broad SMARTS) is 1. The topological polar surface area (TPSA) is 55.1 Å². The van der Waals surface area contributed by atoms with Crippen molar-refractivity contribution in [1.82, 2.24) is 9.55 Å². The molecule has 4 heteroatoms. The lowest BCUT2D eigenvalue weighted by Gasteiger charge is -2.08. The smallest absolute Gasteiger partial charge is 0.323 e. The van der Waals surface area contributed by atoms with E-state index in [1.165, 1.54) is 30.4 Å². The highest BCUT2D eigenvalue weighted by atomic mass is 16.4. The monoisotopic (exact) mass is 284 g/mol. The molecule has 0 radical (unpaired) electrons. The van der Waals surface area contributed by atoms with Crippen LogP contribution >= 0.6 is 0 Å². The van der Waals surface area contributed by atoms with Gasteiger partial charge in [-0.15, -0.1) is 0 Å². The first-order valence-corrected chi connectivity index (χ1v) is 7.75. The second kappa shape index (κ2) is 4.33. The van der Waals surface area contributed by atoms with Crippen LogP contribution in [-0.2, 0) is 11.3 Å². The predicted molar refractivity (Wildman–Crippen MR) is 80.4 cm³/mol. The third-order valence-electron chi connectivity index (χ3n) is 5.39. The molecule has 1 aromatic carbocycles. The van der Waals surface area contributed by atoms with Gasteiger partial charge in [-0.1, -0.05) is 6.42 Å². The number of carboxylic acids is 1. The number of hydrogen-bond acceptors (Lipinski definition) is 2. The molecule has 0 amide bonds. The van der Waals surface area contributed by atoms with Gasteiger partial charge in [0.2, 0.25) is 0 Å². The van der Waals surface area contributed by atoms with E-state index in [-0.39, 0.29) is 6.54 Å². The minimum absolute atomic E-state index is 0.0181. The van der Waals surface area contributed by atoms with Crippen LogP contribution < -0.4 is 0 Å². The Bertz CT molecular complexity index is 737. The van der Waals surface area contributed by atoms with Crippen molar-refractivity contribution in [3.8, 4) is 0 Å². The number of nitrogens with zero attached hydrogens (tertiary/aromatic N) is 2. The molecule has 2 unspecified atom stereocenters. The zero-order valence-corrected chi connectivity index (χ0v) is 12.5. The molecule has 0 aliphatic heterocycles. The van der Waals surface area contributed by atoms with Crippen LogP contribution in [-0.4, -0.2) is 20.6 Å². The van der Waals surface area contributed by atoms with Crippen LogP contribution in [0.2, 0.25) is 0 Å². The fraction of sp³-hybridized carbons (Fsp3) is 0.529. The van der Waals surface area contributed by atoms with Gasteiger partial charge < -0.3 is 9.67 Å². The third-order valence-corrected chi connectivity index (χ3v) is 5.39. The number of hydrogen-bond donors (Lipinski definition) is 1. The van der Waals surface area contributed by atoms with Crippen molar-refractivity contribution in [2.24, 2.45) is 11.8 Å². The molecule has 2 aliphatic carbocycles. The van der Waals surface area contributed by atoms with Crippen LogP contribution in [0, 0.1) is 25.7 Å². The Morgan fingerprint density at radius 1 is 1.29 bits per heavy atom. The van der Waals surface area contributed by atoms with E-state index < -0.39 is 5.97 Å². The lowest BCUT2D eigenvalue weighted by atomic mass is 10.1. The molecule has 2 saturated carbocycles. The fourth-order valence-electron chi connectivity index (χ4n) is 4.16. The maximum absolute atomic E-state index is 11.3. The molecule has 2 fully saturated rings. The van der Waals surface area contributed by atoms with E-state index in [1.54, 1.807) is 0 Å². The first kappa shape index (κ1) is 12.9. The number of fused-ring (bicyclic) bond motifs is 2. The number of aliphatic carboxylic acids is 1. The van der Waals surface area contributed by atoms with E-state index >= 15 is 0 Å². The maximum atomic E-state index is 11.3. The Hall–Kier alpha value is -1.84. The van der Waals surface area contributed by atoms with Gasteiger partial charge in [-0.2, -0.15) is 0 Å².